The Morgan fingerprint density at radius 2 is 1.92 bits per heavy atom. The molecule has 1 nitrogen and oxygen atoms in total. The second-order valence-corrected chi connectivity index (χ2v) is 4.02. The predicted octanol–water partition coefficient (Wildman–Crippen LogP) is 3.54. The van der Waals surface area contributed by atoms with Crippen LogP contribution >= 0.6 is 0 Å². The number of aliphatic hydroxyl groups is 1. The molecule has 1 heteroatoms. The third kappa shape index (κ3) is 1.96. The smallest absolute Gasteiger partial charge is 0.115 e. The fourth-order valence-corrected chi connectivity index (χ4v) is 2.36. The summed E-state index contributed by atoms with van der Waals surface area (Å²) in [7, 11) is 0. The minimum atomic E-state index is 0.512. The van der Waals surface area contributed by atoms with E-state index < -0.39 is 0 Å². The molecule has 2 rings (SSSR count). The van der Waals surface area contributed by atoms with Gasteiger partial charge in [0.05, 0.1) is 0 Å². The number of hydrogen-bond donors (Lipinski definition) is 1. The van der Waals surface area contributed by atoms with Crippen LogP contribution in [0.25, 0.3) is 0 Å². The van der Waals surface area contributed by atoms with Crippen LogP contribution in [0.15, 0.2) is 23.5 Å². The first-order valence-electron chi connectivity index (χ1n) is 5.31. The summed E-state index contributed by atoms with van der Waals surface area (Å²) in [6.45, 7) is 0. The third-order valence-corrected chi connectivity index (χ3v) is 3.09. The molecule has 1 radical (unpaired) electrons. The van der Waals surface area contributed by atoms with Crippen molar-refractivity contribution in [3.05, 3.63) is 29.9 Å². The number of aliphatic hydroxyl groups excluding tert-OH is 1. The van der Waals surface area contributed by atoms with Crippen LogP contribution in [-0.2, 0) is 0 Å². The highest BCUT2D eigenvalue weighted by molar-refractivity contribution is 5.32. The second kappa shape index (κ2) is 3.99. The van der Waals surface area contributed by atoms with Gasteiger partial charge in [0.15, 0.2) is 0 Å². The predicted molar refractivity (Wildman–Crippen MR) is 54.3 cm³/mol. The van der Waals surface area contributed by atoms with Gasteiger partial charge in [-0.25, -0.2) is 0 Å². The maximum atomic E-state index is 9.68. The van der Waals surface area contributed by atoms with Crippen molar-refractivity contribution in [2.45, 2.75) is 38.5 Å². The molecule has 71 valence electrons. The minimum absolute atomic E-state index is 0.512. The van der Waals surface area contributed by atoms with Gasteiger partial charge in [-0.15, -0.1) is 0 Å². The summed E-state index contributed by atoms with van der Waals surface area (Å²) in [5.74, 6) is 1.15. The Morgan fingerprint density at radius 1 is 1.15 bits per heavy atom. The summed E-state index contributed by atoms with van der Waals surface area (Å²) in [6, 6.07) is 0. The molecule has 0 heterocycles. The molecule has 1 N–H and O–H groups in total. The Hall–Kier alpha value is -0.720. The van der Waals surface area contributed by atoms with Crippen molar-refractivity contribution in [3.8, 4) is 0 Å². The average molecular weight is 177 g/mol. The molecule has 2 aliphatic rings. The summed E-state index contributed by atoms with van der Waals surface area (Å²) in [5, 5.41) is 9.68. The summed E-state index contributed by atoms with van der Waals surface area (Å²) >= 11 is 0. The summed E-state index contributed by atoms with van der Waals surface area (Å²) in [5.41, 5.74) is 1.21. The summed E-state index contributed by atoms with van der Waals surface area (Å²) in [4.78, 5) is 0. The van der Waals surface area contributed by atoms with Gasteiger partial charge in [0, 0.05) is 0 Å². The first kappa shape index (κ1) is 8.86. The normalized spacial score (nSPS) is 25.2. The molecule has 0 aromatic rings. The first-order valence-corrected chi connectivity index (χ1v) is 5.31. The number of hydrogen-bond acceptors (Lipinski definition) is 1. The van der Waals surface area contributed by atoms with E-state index in [9.17, 15) is 5.11 Å². The lowest BCUT2D eigenvalue weighted by Gasteiger charge is -2.25. The van der Waals surface area contributed by atoms with Gasteiger partial charge in [-0.3, -0.25) is 0 Å². The standard InChI is InChI=1S/C12H17O/c13-12-9-5-4-8-11(12)10-6-2-1-3-7-10/h5,8-10,13H,1-4,6-7H2. The van der Waals surface area contributed by atoms with E-state index in [0.717, 1.165) is 6.42 Å². The summed E-state index contributed by atoms with van der Waals surface area (Å²) < 4.78 is 0. The van der Waals surface area contributed by atoms with Crippen molar-refractivity contribution in [2.24, 2.45) is 5.92 Å². The first-order chi connectivity index (χ1) is 6.38. The highest BCUT2D eigenvalue weighted by Crippen LogP contribution is 2.34. The van der Waals surface area contributed by atoms with E-state index in [-0.39, 0.29) is 0 Å². The van der Waals surface area contributed by atoms with Gasteiger partial charge in [-0.2, -0.15) is 0 Å². The topological polar surface area (TPSA) is 20.2 Å². The molecule has 0 bridgehead atoms. The molecule has 13 heavy (non-hydrogen) atoms. The largest absolute Gasteiger partial charge is 0.508 e. The molecule has 2 aliphatic carbocycles. The zero-order chi connectivity index (χ0) is 9.10. The van der Waals surface area contributed by atoms with E-state index in [0.29, 0.717) is 11.7 Å². The van der Waals surface area contributed by atoms with Gasteiger partial charge < -0.3 is 5.11 Å². The molecular weight excluding hydrogens is 160 g/mol. The zero-order valence-corrected chi connectivity index (χ0v) is 8.00. The number of rotatable bonds is 1. The van der Waals surface area contributed by atoms with Gasteiger partial charge in [0.1, 0.15) is 5.76 Å². The van der Waals surface area contributed by atoms with E-state index in [1.165, 1.54) is 37.7 Å². The second-order valence-electron chi connectivity index (χ2n) is 4.02. The quantitative estimate of drug-likeness (QED) is 0.649. The van der Waals surface area contributed by atoms with Crippen molar-refractivity contribution in [3.63, 3.8) is 0 Å². The van der Waals surface area contributed by atoms with Gasteiger partial charge in [0.2, 0.25) is 0 Å². The molecule has 0 amide bonds. The van der Waals surface area contributed by atoms with Crippen LogP contribution in [-0.4, -0.2) is 5.11 Å². The molecule has 0 saturated heterocycles. The molecule has 0 aromatic heterocycles. The zero-order valence-electron chi connectivity index (χ0n) is 8.00. The Bertz CT molecular complexity index is 232. The Labute approximate surface area is 80.2 Å². The van der Waals surface area contributed by atoms with Gasteiger partial charge >= 0.3 is 0 Å². The van der Waals surface area contributed by atoms with Crippen LogP contribution in [0.1, 0.15) is 38.5 Å². The lowest BCUT2D eigenvalue weighted by molar-refractivity contribution is 0.367. The van der Waals surface area contributed by atoms with Crippen LogP contribution in [0.4, 0.5) is 0 Å². The lowest BCUT2D eigenvalue weighted by atomic mass is 9.80. The Balaban J connectivity index is 2.08. The van der Waals surface area contributed by atoms with Crippen LogP contribution in [0.3, 0.4) is 0 Å². The van der Waals surface area contributed by atoms with Crippen molar-refractivity contribution >= 4 is 0 Å². The van der Waals surface area contributed by atoms with Gasteiger partial charge in [-0.05, 0) is 43.3 Å². The fourth-order valence-electron chi connectivity index (χ4n) is 2.36. The van der Waals surface area contributed by atoms with Crippen molar-refractivity contribution < 1.29 is 5.11 Å². The molecule has 0 atom stereocenters. The van der Waals surface area contributed by atoms with Crippen molar-refractivity contribution in [1.29, 1.82) is 0 Å². The Kier molecular flexibility index (Phi) is 2.72. The third-order valence-electron chi connectivity index (χ3n) is 3.09. The summed E-state index contributed by atoms with van der Waals surface area (Å²) in [6.07, 6.45) is 13.6. The van der Waals surface area contributed by atoms with E-state index in [1.807, 2.05) is 12.2 Å². The lowest BCUT2D eigenvalue weighted by Crippen LogP contribution is -2.12. The fraction of sp³-hybridized carbons (Fsp3) is 0.583. The van der Waals surface area contributed by atoms with Crippen molar-refractivity contribution in [1.82, 2.24) is 0 Å². The molecule has 0 aliphatic heterocycles. The van der Waals surface area contributed by atoms with Gasteiger partial charge in [-0.1, -0.05) is 25.3 Å². The SMILES string of the molecule is OC1=C(C2CCCCC2)[CH]CC=C1. The van der Waals surface area contributed by atoms with Crippen LogP contribution < -0.4 is 0 Å². The van der Waals surface area contributed by atoms with Gasteiger partial charge in [0.25, 0.3) is 0 Å². The van der Waals surface area contributed by atoms with E-state index in [1.54, 1.807) is 0 Å². The molecular formula is C12H17O. The molecule has 0 aromatic carbocycles. The number of allylic oxidation sites excluding steroid dienone is 3. The van der Waals surface area contributed by atoms with Crippen molar-refractivity contribution in [2.75, 3.05) is 0 Å². The Morgan fingerprint density at radius 3 is 2.62 bits per heavy atom. The maximum absolute atomic E-state index is 9.68. The van der Waals surface area contributed by atoms with E-state index >= 15 is 0 Å². The average Bonchev–Trinajstić information content (AvgIpc) is 2.20. The van der Waals surface area contributed by atoms with Crippen LogP contribution in [0, 0.1) is 12.3 Å². The van der Waals surface area contributed by atoms with E-state index in [4.69, 9.17) is 0 Å². The monoisotopic (exact) mass is 177 g/mol. The van der Waals surface area contributed by atoms with Crippen LogP contribution in [0.2, 0.25) is 0 Å². The van der Waals surface area contributed by atoms with E-state index in [2.05, 4.69) is 6.42 Å². The molecule has 1 saturated carbocycles. The maximum Gasteiger partial charge on any atom is 0.115 e. The van der Waals surface area contributed by atoms with Crippen LogP contribution in [0.5, 0.6) is 0 Å². The molecule has 1 fully saturated rings. The highest BCUT2D eigenvalue weighted by atomic mass is 16.3. The molecule has 0 unspecified atom stereocenters. The highest BCUT2D eigenvalue weighted by Gasteiger charge is 2.21. The minimum Gasteiger partial charge on any atom is -0.508 e. The molecule has 0 spiro atoms.